The molecule has 0 aromatic carbocycles. The molecule has 2 rings (SSSR count). The van der Waals surface area contributed by atoms with E-state index in [-0.39, 0.29) is 26.9 Å². The fraction of sp³-hybridized carbons (Fsp3) is 0.286. The molecule has 0 saturated carbocycles. The Morgan fingerprint density at radius 3 is 3.36 bits per heavy atom. The van der Waals surface area contributed by atoms with Crippen LogP contribution in [0.5, 0.6) is 0 Å². The van der Waals surface area contributed by atoms with Crippen LogP contribution >= 0.6 is 21.0 Å². The lowest BCUT2D eigenvalue weighted by molar-refractivity contribution is -0.117. The van der Waals surface area contributed by atoms with Crippen LogP contribution in [0.2, 0.25) is 0 Å². The first-order valence-electron chi connectivity index (χ1n) is 3.39. The number of nitrogens with one attached hydrogen (secondary N) is 1. The van der Waals surface area contributed by atoms with Gasteiger partial charge in [0.2, 0.25) is 0 Å². The average Bonchev–Trinajstić information content (AvgIpc) is 2.06. The van der Waals surface area contributed by atoms with Gasteiger partial charge >= 0.3 is 0 Å². The molecule has 4 heteroatoms. The predicted molar refractivity (Wildman–Crippen MR) is 50.2 cm³/mol. The van der Waals surface area contributed by atoms with Gasteiger partial charge < -0.3 is 5.32 Å². The van der Waals surface area contributed by atoms with Gasteiger partial charge in [0.15, 0.2) is 0 Å². The summed E-state index contributed by atoms with van der Waals surface area (Å²) in [7, 11) is 0. The molecule has 0 unspecified atom stereocenters. The number of hydrogen-bond donors (Lipinski definition) is 1. The first kappa shape index (κ1) is 7.15. The summed E-state index contributed by atoms with van der Waals surface area (Å²) in [5.41, 5.74) is 1.80. The van der Waals surface area contributed by atoms with E-state index in [9.17, 15) is 4.79 Å². The molecule has 0 radical (unpaired) electrons. The summed E-state index contributed by atoms with van der Waals surface area (Å²) in [5, 5.41) is 2.79. The van der Waals surface area contributed by atoms with E-state index in [4.69, 9.17) is 0 Å². The van der Waals surface area contributed by atoms with Crippen LogP contribution in [0.4, 0.5) is 0 Å². The van der Waals surface area contributed by atoms with Crippen LogP contribution in [-0.2, 0) is 4.79 Å². The molecular weight excluding hydrogens is 255 g/mol. The standard InChI is InChI=1S/C7H7IN2O/c11-7-5-1-3-8-10-6(5)2-4-9-7/h1,3H,2,4H2,(H,9,11). The smallest absolute Gasteiger partial charge is 0.253 e. The number of hydrogen-bond acceptors (Lipinski definition) is 2. The van der Waals surface area contributed by atoms with Gasteiger partial charge in [0.05, 0.1) is 11.3 Å². The molecule has 2 heterocycles. The summed E-state index contributed by atoms with van der Waals surface area (Å²) in [6.07, 6.45) is 2.81. The van der Waals surface area contributed by atoms with Crippen molar-refractivity contribution in [3.8, 4) is 0 Å². The summed E-state index contributed by atoms with van der Waals surface area (Å²) in [6, 6.07) is 0. The number of carbonyl (C=O) groups excluding carboxylic acids is 1. The minimum absolute atomic E-state index is 0.0370. The number of halogens is 1. The van der Waals surface area contributed by atoms with E-state index in [0.29, 0.717) is 0 Å². The average molecular weight is 262 g/mol. The maximum absolute atomic E-state index is 11.2. The topological polar surface area (TPSA) is 41.5 Å². The maximum Gasteiger partial charge on any atom is 0.253 e. The number of carbonyl (C=O) groups is 1. The second-order valence-electron chi connectivity index (χ2n) is 2.34. The van der Waals surface area contributed by atoms with Gasteiger partial charge in [0, 0.05) is 34.0 Å². The Bertz CT molecular complexity index is 291. The highest BCUT2D eigenvalue weighted by Crippen LogP contribution is 2.25. The van der Waals surface area contributed by atoms with Crippen molar-refractivity contribution in [2.75, 3.05) is 6.54 Å². The third-order valence-electron chi connectivity index (χ3n) is 1.64. The quantitative estimate of drug-likeness (QED) is 0.659. The fourth-order valence-electron chi connectivity index (χ4n) is 1.09. The van der Waals surface area contributed by atoms with Gasteiger partial charge in [0.25, 0.3) is 5.91 Å². The second-order valence-corrected chi connectivity index (χ2v) is 4.10. The van der Waals surface area contributed by atoms with Crippen molar-refractivity contribution in [1.82, 2.24) is 5.32 Å². The van der Waals surface area contributed by atoms with Gasteiger partial charge in [-0.25, -0.2) is 3.15 Å². The van der Waals surface area contributed by atoms with Gasteiger partial charge in [-0.15, -0.1) is 0 Å². The predicted octanol–water partition coefficient (Wildman–Crippen LogP) is 1.44. The molecule has 3 nitrogen and oxygen atoms in total. The summed E-state index contributed by atoms with van der Waals surface area (Å²) in [5.74, 6) is 0.0370. The van der Waals surface area contributed by atoms with Gasteiger partial charge in [-0.05, 0) is 10.2 Å². The van der Waals surface area contributed by atoms with Crippen LogP contribution in [0.15, 0.2) is 24.6 Å². The summed E-state index contributed by atoms with van der Waals surface area (Å²) in [6.45, 7) is 0.749. The second kappa shape index (κ2) is 2.84. The van der Waals surface area contributed by atoms with Gasteiger partial charge in [0.1, 0.15) is 0 Å². The van der Waals surface area contributed by atoms with Crippen molar-refractivity contribution in [1.29, 1.82) is 0 Å². The molecule has 0 aromatic heterocycles. The van der Waals surface area contributed by atoms with Crippen molar-refractivity contribution in [3.63, 3.8) is 0 Å². The number of nitrogens with zero attached hydrogens (tertiary/aromatic N) is 1. The molecule has 11 heavy (non-hydrogen) atoms. The van der Waals surface area contributed by atoms with E-state index in [1.165, 1.54) is 0 Å². The molecule has 0 fully saturated rings. The largest absolute Gasteiger partial charge is 0.352 e. The van der Waals surface area contributed by atoms with Crippen molar-refractivity contribution >= 4 is 26.9 Å². The molecule has 1 amide bonds. The van der Waals surface area contributed by atoms with Gasteiger partial charge in [-0.3, -0.25) is 4.79 Å². The maximum atomic E-state index is 11.2. The van der Waals surface area contributed by atoms with E-state index in [0.717, 1.165) is 24.2 Å². The Labute approximate surface area is 74.7 Å². The lowest BCUT2D eigenvalue weighted by Crippen LogP contribution is -2.30. The molecule has 0 saturated heterocycles. The van der Waals surface area contributed by atoms with Crippen LogP contribution in [0.1, 0.15) is 6.42 Å². The molecule has 0 aliphatic carbocycles. The lowest BCUT2D eigenvalue weighted by atomic mass is 10.1. The third-order valence-corrected chi connectivity index (χ3v) is 3.18. The van der Waals surface area contributed by atoms with Crippen LogP contribution in [0, 0.1) is 0 Å². The molecule has 0 bridgehead atoms. The normalized spacial score (nSPS) is 22.4. The SMILES string of the molecule is O=C1NCCC2=C1C=CI=N2. The zero-order valence-electron chi connectivity index (χ0n) is 5.80. The van der Waals surface area contributed by atoms with E-state index < -0.39 is 0 Å². The van der Waals surface area contributed by atoms with E-state index in [2.05, 4.69) is 8.46 Å². The molecule has 58 valence electrons. The molecule has 0 aromatic rings. The molecule has 2 aliphatic rings. The lowest BCUT2D eigenvalue weighted by Gasteiger charge is -2.16. The monoisotopic (exact) mass is 262 g/mol. The Morgan fingerprint density at radius 2 is 2.55 bits per heavy atom. The Balaban J connectivity index is 2.45. The van der Waals surface area contributed by atoms with E-state index in [1.54, 1.807) is 0 Å². The van der Waals surface area contributed by atoms with Gasteiger partial charge in [-0.2, -0.15) is 0 Å². The van der Waals surface area contributed by atoms with Crippen LogP contribution < -0.4 is 5.32 Å². The molecule has 0 atom stereocenters. The summed E-state index contributed by atoms with van der Waals surface area (Å²) >= 11 is -0.144. The highest BCUT2D eigenvalue weighted by Gasteiger charge is 2.18. The number of amides is 1. The van der Waals surface area contributed by atoms with E-state index in [1.807, 2.05) is 10.2 Å². The highest BCUT2D eigenvalue weighted by atomic mass is 127. The Kier molecular flexibility index (Phi) is 1.85. The molecular formula is C7H7IN2O. The van der Waals surface area contributed by atoms with Crippen LogP contribution in [-0.4, -0.2) is 12.5 Å². The van der Waals surface area contributed by atoms with Crippen molar-refractivity contribution in [2.24, 2.45) is 3.15 Å². The zero-order valence-corrected chi connectivity index (χ0v) is 7.96. The first-order valence-corrected chi connectivity index (χ1v) is 5.60. The summed E-state index contributed by atoms with van der Waals surface area (Å²) < 4.78 is 6.36. The number of rotatable bonds is 0. The minimum atomic E-state index is -0.144. The fourth-order valence-corrected chi connectivity index (χ4v) is 2.61. The van der Waals surface area contributed by atoms with Crippen molar-refractivity contribution in [3.05, 3.63) is 21.4 Å². The first-order chi connectivity index (χ1) is 5.38. The van der Waals surface area contributed by atoms with E-state index >= 15 is 0 Å². The molecule has 1 N–H and O–H groups in total. The van der Waals surface area contributed by atoms with Crippen molar-refractivity contribution in [2.45, 2.75) is 6.42 Å². The molecule has 0 spiro atoms. The summed E-state index contributed by atoms with van der Waals surface area (Å²) in [4.78, 5) is 11.2. The Hall–Kier alpha value is -0.520. The Morgan fingerprint density at radius 1 is 1.64 bits per heavy atom. The van der Waals surface area contributed by atoms with Crippen LogP contribution in [0.25, 0.3) is 0 Å². The zero-order chi connectivity index (χ0) is 7.68. The van der Waals surface area contributed by atoms with Crippen molar-refractivity contribution < 1.29 is 4.79 Å². The van der Waals surface area contributed by atoms with Gasteiger partial charge in [-0.1, -0.05) is 0 Å². The third kappa shape index (κ3) is 1.26. The molecule has 2 aliphatic heterocycles. The van der Waals surface area contributed by atoms with Crippen LogP contribution in [0.3, 0.4) is 0 Å². The highest BCUT2D eigenvalue weighted by molar-refractivity contribution is 14.2. The minimum Gasteiger partial charge on any atom is -0.352 e.